The van der Waals surface area contributed by atoms with Crippen LogP contribution in [-0.2, 0) is 0 Å². The molecule has 1 aliphatic heterocycles. The highest BCUT2D eigenvalue weighted by atomic mass is 15.2. The fourth-order valence-electron chi connectivity index (χ4n) is 3.07. The van der Waals surface area contributed by atoms with Gasteiger partial charge in [-0.25, -0.2) is 0 Å². The third kappa shape index (κ3) is 2.36. The molecule has 0 radical (unpaired) electrons. The molecule has 0 saturated carbocycles. The first kappa shape index (κ1) is 12.6. The Labute approximate surface area is 114 Å². The number of para-hydroxylation sites is 1. The summed E-state index contributed by atoms with van der Waals surface area (Å²) in [4.78, 5) is 7.29. The SMILES string of the molecule is CCCN1CCC(N)C1c1ccc2ccccc2n1. The van der Waals surface area contributed by atoms with E-state index >= 15 is 0 Å². The topological polar surface area (TPSA) is 42.1 Å². The van der Waals surface area contributed by atoms with Crippen LogP contribution in [0.25, 0.3) is 10.9 Å². The van der Waals surface area contributed by atoms with Crippen molar-refractivity contribution in [1.29, 1.82) is 0 Å². The average Bonchev–Trinajstić information content (AvgIpc) is 2.80. The number of pyridine rings is 1. The van der Waals surface area contributed by atoms with Crippen molar-refractivity contribution in [3.8, 4) is 0 Å². The smallest absolute Gasteiger partial charge is 0.0706 e. The van der Waals surface area contributed by atoms with E-state index in [-0.39, 0.29) is 12.1 Å². The molecule has 1 aromatic heterocycles. The van der Waals surface area contributed by atoms with Crippen LogP contribution in [0.2, 0.25) is 0 Å². The molecule has 0 amide bonds. The lowest BCUT2D eigenvalue weighted by molar-refractivity contribution is 0.244. The number of hydrogen-bond donors (Lipinski definition) is 1. The Bertz CT molecular complexity index is 565. The molecular formula is C16H21N3. The molecule has 1 aromatic carbocycles. The third-order valence-electron chi connectivity index (χ3n) is 3.98. The van der Waals surface area contributed by atoms with Gasteiger partial charge in [-0.2, -0.15) is 0 Å². The van der Waals surface area contributed by atoms with E-state index in [1.165, 1.54) is 5.39 Å². The van der Waals surface area contributed by atoms with Crippen molar-refractivity contribution < 1.29 is 0 Å². The summed E-state index contributed by atoms with van der Waals surface area (Å²) in [5.74, 6) is 0. The van der Waals surface area contributed by atoms with Crippen LogP contribution in [0.1, 0.15) is 31.5 Å². The van der Waals surface area contributed by atoms with Gasteiger partial charge in [0.2, 0.25) is 0 Å². The molecule has 3 heteroatoms. The lowest BCUT2D eigenvalue weighted by atomic mass is 10.0. The second-order valence-corrected chi connectivity index (χ2v) is 5.36. The molecule has 100 valence electrons. The summed E-state index contributed by atoms with van der Waals surface area (Å²) in [6.07, 6.45) is 2.23. The standard InChI is InChI=1S/C16H21N3/c1-2-10-19-11-9-13(17)16(19)15-8-7-12-5-3-4-6-14(12)18-15/h3-8,13,16H,2,9-11,17H2,1H3. The van der Waals surface area contributed by atoms with Crippen molar-refractivity contribution in [3.05, 3.63) is 42.1 Å². The molecule has 3 nitrogen and oxygen atoms in total. The Morgan fingerprint density at radius 1 is 1.26 bits per heavy atom. The second-order valence-electron chi connectivity index (χ2n) is 5.36. The van der Waals surface area contributed by atoms with Crippen molar-refractivity contribution in [3.63, 3.8) is 0 Å². The zero-order valence-electron chi connectivity index (χ0n) is 11.4. The average molecular weight is 255 g/mol. The Morgan fingerprint density at radius 2 is 2.11 bits per heavy atom. The van der Waals surface area contributed by atoms with Crippen molar-refractivity contribution in [2.75, 3.05) is 13.1 Å². The van der Waals surface area contributed by atoms with Gasteiger partial charge in [-0.15, -0.1) is 0 Å². The van der Waals surface area contributed by atoms with Gasteiger partial charge < -0.3 is 5.73 Å². The van der Waals surface area contributed by atoms with Gasteiger partial charge in [0.05, 0.1) is 17.3 Å². The van der Waals surface area contributed by atoms with Crippen LogP contribution < -0.4 is 5.73 Å². The molecule has 2 atom stereocenters. The van der Waals surface area contributed by atoms with Gasteiger partial charge in [0.25, 0.3) is 0 Å². The number of likely N-dealkylation sites (tertiary alicyclic amines) is 1. The van der Waals surface area contributed by atoms with Crippen molar-refractivity contribution >= 4 is 10.9 Å². The maximum atomic E-state index is 6.29. The number of benzene rings is 1. The predicted octanol–water partition coefficient (Wildman–Crippen LogP) is 2.72. The van der Waals surface area contributed by atoms with E-state index in [0.29, 0.717) is 0 Å². The van der Waals surface area contributed by atoms with Crippen LogP contribution in [0.4, 0.5) is 0 Å². The van der Waals surface area contributed by atoms with E-state index in [0.717, 1.165) is 37.1 Å². The molecule has 0 spiro atoms. The number of fused-ring (bicyclic) bond motifs is 1. The zero-order valence-corrected chi connectivity index (χ0v) is 11.4. The fraction of sp³-hybridized carbons (Fsp3) is 0.438. The van der Waals surface area contributed by atoms with E-state index in [2.05, 4.69) is 36.1 Å². The summed E-state index contributed by atoms with van der Waals surface area (Å²) in [6.45, 7) is 4.41. The van der Waals surface area contributed by atoms with Gasteiger partial charge in [0, 0.05) is 18.0 Å². The van der Waals surface area contributed by atoms with E-state index in [9.17, 15) is 0 Å². The minimum absolute atomic E-state index is 0.209. The highest BCUT2D eigenvalue weighted by molar-refractivity contribution is 5.78. The molecule has 0 bridgehead atoms. The largest absolute Gasteiger partial charge is 0.326 e. The Kier molecular flexibility index (Phi) is 3.49. The van der Waals surface area contributed by atoms with Crippen LogP contribution in [0.3, 0.4) is 0 Å². The fourth-order valence-corrected chi connectivity index (χ4v) is 3.07. The zero-order chi connectivity index (χ0) is 13.2. The lowest BCUT2D eigenvalue weighted by Gasteiger charge is -2.26. The van der Waals surface area contributed by atoms with E-state index in [4.69, 9.17) is 10.7 Å². The summed E-state index contributed by atoms with van der Waals surface area (Å²) in [5.41, 5.74) is 8.48. The molecular weight excluding hydrogens is 234 g/mol. The number of nitrogens with zero attached hydrogens (tertiary/aromatic N) is 2. The number of nitrogens with two attached hydrogens (primary N) is 1. The molecule has 1 saturated heterocycles. The lowest BCUT2D eigenvalue weighted by Crippen LogP contribution is -2.32. The normalized spacial score (nSPS) is 24.1. The van der Waals surface area contributed by atoms with Crippen molar-refractivity contribution in [1.82, 2.24) is 9.88 Å². The Morgan fingerprint density at radius 3 is 2.95 bits per heavy atom. The van der Waals surface area contributed by atoms with Gasteiger partial charge in [0.15, 0.2) is 0 Å². The molecule has 2 unspecified atom stereocenters. The van der Waals surface area contributed by atoms with Crippen molar-refractivity contribution in [2.45, 2.75) is 31.8 Å². The predicted molar refractivity (Wildman–Crippen MR) is 78.9 cm³/mol. The molecule has 1 fully saturated rings. The third-order valence-corrected chi connectivity index (χ3v) is 3.98. The summed E-state index contributed by atoms with van der Waals surface area (Å²) in [7, 11) is 0. The first-order valence-corrected chi connectivity index (χ1v) is 7.15. The van der Waals surface area contributed by atoms with Crippen LogP contribution in [0, 0.1) is 0 Å². The van der Waals surface area contributed by atoms with Gasteiger partial charge in [-0.05, 0) is 31.5 Å². The number of aromatic nitrogens is 1. The van der Waals surface area contributed by atoms with E-state index in [1.54, 1.807) is 0 Å². The highest BCUT2D eigenvalue weighted by Gasteiger charge is 2.33. The molecule has 19 heavy (non-hydrogen) atoms. The number of hydrogen-bond acceptors (Lipinski definition) is 3. The van der Waals surface area contributed by atoms with Gasteiger partial charge >= 0.3 is 0 Å². The molecule has 2 heterocycles. The maximum absolute atomic E-state index is 6.29. The van der Waals surface area contributed by atoms with Gasteiger partial charge in [0.1, 0.15) is 0 Å². The first-order valence-electron chi connectivity index (χ1n) is 7.15. The summed E-state index contributed by atoms with van der Waals surface area (Å²) in [5, 5.41) is 1.19. The molecule has 0 aliphatic carbocycles. The van der Waals surface area contributed by atoms with Gasteiger partial charge in [-0.3, -0.25) is 9.88 Å². The van der Waals surface area contributed by atoms with Crippen LogP contribution in [0.15, 0.2) is 36.4 Å². The monoisotopic (exact) mass is 255 g/mol. The van der Waals surface area contributed by atoms with E-state index < -0.39 is 0 Å². The minimum atomic E-state index is 0.209. The Hall–Kier alpha value is -1.45. The van der Waals surface area contributed by atoms with Crippen LogP contribution in [-0.4, -0.2) is 29.0 Å². The summed E-state index contributed by atoms with van der Waals surface area (Å²) >= 11 is 0. The van der Waals surface area contributed by atoms with Gasteiger partial charge in [-0.1, -0.05) is 31.2 Å². The second kappa shape index (κ2) is 5.27. The Balaban J connectivity index is 1.97. The molecule has 1 aliphatic rings. The van der Waals surface area contributed by atoms with Crippen LogP contribution >= 0.6 is 0 Å². The molecule has 2 N–H and O–H groups in total. The molecule has 3 rings (SSSR count). The summed E-state index contributed by atoms with van der Waals surface area (Å²) in [6, 6.07) is 13.1. The maximum Gasteiger partial charge on any atom is 0.0706 e. The quantitative estimate of drug-likeness (QED) is 0.917. The molecule has 2 aromatic rings. The van der Waals surface area contributed by atoms with Crippen molar-refractivity contribution in [2.24, 2.45) is 5.73 Å². The number of rotatable bonds is 3. The first-order chi connectivity index (χ1) is 9.29. The van der Waals surface area contributed by atoms with E-state index in [1.807, 2.05) is 12.1 Å². The van der Waals surface area contributed by atoms with Crippen LogP contribution in [0.5, 0.6) is 0 Å². The summed E-state index contributed by atoms with van der Waals surface area (Å²) < 4.78 is 0. The highest BCUT2D eigenvalue weighted by Crippen LogP contribution is 2.30. The minimum Gasteiger partial charge on any atom is -0.326 e.